The summed E-state index contributed by atoms with van der Waals surface area (Å²) in [7, 11) is 1.76. The number of aryl methyl sites for hydroxylation is 1. The van der Waals surface area contributed by atoms with Crippen molar-refractivity contribution in [2.24, 2.45) is 7.05 Å². The van der Waals surface area contributed by atoms with Crippen LogP contribution in [0.3, 0.4) is 0 Å². The van der Waals surface area contributed by atoms with E-state index < -0.39 is 5.97 Å². The van der Waals surface area contributed by atoms with E-state index in [0.29, 0.717) is 28.9 Å². The van der Waals surface area contributed by atoms with Crippen LogP contribution in [0.4, 0.5) is 0 Å². The van der Waals surface area contributed by atoms with Gasteiger partial charge in [0.1, 0.15) is 5.15 Å². The van der Waals surface area contributed by atoms with Crippen LogP contribution < -0.4 is 0 Å². The van der Waals surface area contributed by atoms with Crippen LogP contribution in [0.15, 0.2) is 22.8 Å². The van der Waals surface area contributed by atoms with E-state index in [0.717, 1.165) is 0 Å². The van der Waals surface area contributed by atoms with Crippen molar-refractivity contribution in [3.63, 3.8) is 0 Å². The lowest BCUT2D eigenvalue weighted by Crippen LogP contribution is -1.98. The topological polar surface area (TPSA) is 68.3 Å². The minimum Gasteiger partial charge on any atom is -0.481 e. The van der Waals surface area contributed by atoms with Crippen molar-refractivity contribution in [1.82, 2.24) is 9.55 Å². The fourth-order valence-electron chi connectivity index (χ4n) is 1.55. The highest BCUT2D eigenvalue weighted by Gasteiger charge is 2.16. The van der Waals surface area contributed by atoms with Gasteiger partial charge in [-0.25, -0.2) is 4.98 Å². The Kier molecular flexibility index (Phi) is 3.19. The minimum atomic E-state index is -0.869. The summed E-state index contributed by atoms with van der Waals surface area (Å²) in [4.78, 5) is 14.8. The molecule has 2 heterocycles. The molecule has 0 aliphatic heterocycles. The Morgan fingerprint density at radius 3 is 3.00 bits per heavy atom. The zero-order valence-corrected chi connectivity index (χ0v) is 9.94. The molecule has 2 rings (SSSR count). The highest BCUT2D eigenvalue weighted by Crippen LogP contribution is 2.25. The van der Waals surface area contributed by atoms with Gasteiger partial charge in [-0.3, -0.25) is 4.79 Å². The predicted octanol–water partition coefficient (Wildman–Crippen LogP) is 2.35. The molecule has 0 spiro atoms. The first kappa shape index (κ1) is 11.7. The van der Waals surface area contributed by atoms with Crippen molar-refractivity contribution < 1.29 is 14.3 Å². The van der Waals surface area contributed by atoms with Crippen LogP contribution in [0.25, 0.3) is 11.6 Å². The van der Waals surface area contributed by atoms with Crippen molar-refractivity contribution in [1.29, 1.82) is 0 Å². The lowest BCUT2D eigenvalue weighted by atomic mass is 10.2. The molecule has 0 amide bonds. The van der Waals surface area contributed by atoms with Crippen molar-refractivity contribution in [3.05, 3.63) is 29.2 Å². The molecule has 0 fully saturated rings. The Balaban J connectivity index is 2.31. The number of halogens is 1. The molecular formula is C11H11ClN2O3. The number of carboxylic acid groups (broad SMARTS) is 1. The van der Waals surface area contributed by atoms with Gasteiger partial charge < -0.3 is 14.1 Å². The lowest BCUT2D eigenvalue weighted by molar-refractivity contribution is -0.136. The van der Waals surface area contributed by atoms with Gasteiger partial charge in [0.05, 0.1) is 18.4 Å². The van der Waals surface area contributed by atoms with Crippen LogP contribution >= 0.6 is 11.6 Å². The number of aliphatic carboxylic acids is 1. The van der Waals surface area contributed by atoms with Crippen LogP contribution in [0.1, 0.15) is 12.1 Å². The van der Waals surface area contributed by atoms with Crippen LogP contribution in [0.5, 0.6) is 0 Å². The normalized spacial score (nSPS) is 10.7. The van der Waals surface area contributed by atoms with Gasteiger partial charge in [-0.05, 0) is 12.1 Å². The van der Waals surface area contributed by atoms with Crippen LogP contribution in [0, 0.1) is 0 Å². The zero-order valence-electron chi connectivity index (χ0n) is 9.18. The maximum atomic E-state index is 10.5. The molecule has 0 atom stereocenters. The molecule has 2 aromatic rings. The molecule has 5 nitrogen and oxygen atoms in total. The number of carboxylic acids is 1. The summed E-state index contributed by atoms with van der Waals surface area (Å²) in [6.45, 7) is 0. The molecule has 2 aromatic heterocycles. The summed E-state index contributed by atoms with van der Waals surface area (Å²) < 4.78 is 6.91. The molecular weight excluding hydrogens is 244 g/mol. The summed E-state index contributed by atoms with van der Waals surface area (Å²) >= 11 is 6.08. The van der Waals surface area contributed by atoms with E-state index >= 15 is 0 Å². The summed E-state index contributed by atoms with van der Waals surface area (Å²) in [5.74, 6) is 0.336. The van der Waals surface area contributed by atoms with Crippen molar-refractivity contribution in [2.75, 3.05) is 0 Å². The van der Waals surface area contributed by atoms with Gasteiger partial charge in [-0.15, -0.1) is 0 Å². The molecule has 90 valence electrons. The molecule has 0 aliphatic rings. The molecule has 17 heavy (non-hydrogen) atoms. The number of hydrogen-bond acceptors (Lipinski definition) is 3. The second kappa shape index (κ2) is 4.63. The number of hydrogen-bond donors (Lipinski definition) is 1. The monoisotopic (exact) mass is 254 g/mol. The second-order valence-electron chi connectivity index (χ2n) is 3.60. The maximum Gasteiger partial charge on any atom is 0.303 e. The molecule has 1 N–H and O–H groups in total. The van der Waals surface area contributed by atoms with Crippen molar-refractivity contribution in [2.45, 2.75) is 12.8 Å². The smallest absolute Gasteiger partial charge is 0.303 e. The minimum absolute atomic E-state index is 0.00826. The van der Waals surface area contributed by atoms with Gasteiger partial charge in [0.2, 0.25) is 0 Å². The fraction of sp³-hybridized carbons (Fsp3) is 0.273. The summed E-state index contributed by atoms with van der Waals surface area (Å²) in [5, 5.41) is 9.07. The van der Waals surface area contributed by atoms with Gasteiger partial charge in [-0.2, -0.15) is 0 Å². The third kappa shape index (κ3) is 2.34. The van der Waals surface area contributed by atoms with Gasteiger partial charge in [0.25, 0.3) is 0 Å². The van der Waals surface area contributed by atoms with E-state index in [1.807, 2.05) is 0 Å². The van der Waals surface area contributed by atoms with E-state index in [9.17, 15) is 4.79 Å². The van der Waals surface area contributed by atoms with E-state index in [1.165, 1.54) is 0 Å². The fourth-order valence-corrected chi connectivity index (χ4v) is 1.76. The average molecular weight is 255 g/mol. The highest BCUT2D eigenvalue weighted by atomic mass is 35.5. The summed E-state index contributed by atoms with van der Waals surface area (Å²) in [5.41, 5.74) is 0.572. The van der Waals surface area contributed by atoms with Gasteiger partial charge in [0.15, 0.2) is 11.6 Å². The number of nitrogens with zero attached hydrogens (tertiary/aromatic N) is 2. The number of imidazole rings is 1. The van der Waals surface area contributed by atoms with Gasteiger partial charge in [-0.1, -0.05) is 11.6 Å². The first-order valence-electron chi connectivity index (χ1n) is 5.06. The predicted molar refractivity (Wildman–Crippen MR) is 61.9 cm³/mol. The molecule has 0 aliphatic carbocycles. The van der Waals surface area contributed by atoms with Gasteiger partial charge in [0, 0.05) is 13.5 Å². The largest absolute Gasteiger partial charge is 0.481 e. The van der Waals surface area contributed by atoms with E-state index in [2.05, 4.69) is 4.98 Å². The first-order chi connectivity index (χ1) is 8.09. The summed E-state index contributed by atoms with van der Waals surface area (Å²) in [6.07, 6.45) is 1.87. The number of carbonyl (C=O) groups is 1. The van der Waals surface area contributed by atoms with Crippen molar-refractivity contribution in [3.8, 4) is 11.6 Å². The average Bonchev–Trinajstić information content (AvgIpc) is 2.88. The number of aromatic nitrogens is 2. The molecule has 0 unspecified atom stereocenters. The Hall–Kier alpha value is -1.75. The molecule has 0 saturated carbocycles. The van der Waals surface area contributed by atoms with Crippen molar-refractivity contribution >= 4 is 17.6 Å². The van der Waals surface area contributed by atoms with Crippen LogP contribution in [-0.4, -0.2) is 20.6 Å². The molecule has 6 heteroatoms. The van der Waals surface area contributed by atoms with E-state index in [1.54, 1.807) is 30.0 Å². The zero-order chi connectivity index (χ0) is 12.4. The third-order valence-electron chi connectivity index (χ3n) is 2.41. The molecule has 0 aromatic carbocycles. The Bertz CT molecular complexity index is 531. The lowest BCUT2D eigenvalue weighted by Gasteiger charge is -1.97. The van der Waals surface area contributed by atoms with Crippen LogP contribution in [-0.2, 0) is 18.3 Å². The van der Waals surface area contributed by atoms with E-state index in [-0.39, 0.29) is 6.42 Å². The van der Waals surface area contributed by atoms with Gasteiger partial charge >= 0.3 is 5.97 Å². The quantitative estimate of drug-likeness (QED) is 0.909. The molecule has 0 radical (unpaired) electrons. The van der Waals surface area contributed by atoms with E-state index in [4.69, 9.17) is 21.1 Å². The molecule has 0 bridgehead atoms. The Labute approximate surface area is 103 Å². The maximum absolute atomic E-state index is 10.5. The van der Waals surface area contributed by atoms with Crippen LogP contribution in [0.2, 0.25) is 5.15 Å². The standard InChI is InChI=1S/C11H11ClN2O3/c1-14-10(12)7(4-5-9(15)16)13-11(14)8-3-2-6-17-8/h2-3,6H,4-5H2,1H3,(H,15,16). The second-order valence-corrected chi connectivity index (χ2v) is 3.96. The Morgan fingerprint density at radius 2 is 2.41 bits per heavy atom. The third-order valence-corrected chi connectivity index (χ3v) is 2.88. The first-order valence-corrected chi connectivity index (χ1v) is 5.44. The highest BCUT2D eigenvalue weighted by molar-refractivity contribution is 6.30. The SMILES string of the molecule is Cn1c(-c2ccco2)nc(CCC(=O)O)c1Cl. The Morgan fingerprint density at radius 1 is 1.65 bits per heavy atom. The number of rotatable bonds is 4. The summed E-state index contributed by atoms with van der Waals surface area (Å²) in [6, 6.07) is 3.54. The number of furan rings is 1. The molecule has 0 saturated heterocycles.